The van der Waals surface area contributed by atoms with Crippen LogP contribution in [-0.2, 0) is 52.3 Å². The highest BCUT2D eigenvalue weighted by atomic mass is 16.8. The largest absolute Gasteiger partial charge is 0.462 e. The van der Waals surface area contributed by atoms with Crippen LogP contribution in [0.15, 0.2) is 41.5 Å². The van der Waals surface area contributed by atoms with Crippen LogP contribution in [0.1, 0.15) is 99.4 Å². The smallest absolute Gasteiger partial charge is 0.338 e. The van der Waals surface area contributed by atoms with Crippen molar-refractivity contribution in [2.24, 2.45) is 16.7 Å². The first-order valence-corrected chi connectivity index (χ1v) is 17.9. The Morgan fingerprint density at radius 1 is 0.846 bits per heavy atom. The number of hydrogen-bond donors (Lipinski definition) is 1. The van der Waals surface area contributed by atoms with E-state index in [2.05, 4.69) is 0 Å². The van der Waals surface area contributed by atoms with Gasteiger partial charge in [-0.25, -0.2) is 4.79 Å². The average Bonchev–Trinajstić information content (AvgIpc) is 3.47. The van der Waals surface area contributed by atoms with Crippen molar-refractivity contribution in [3.63, 3.8) is 0 Å². The van der Waals surface area contributed by atoms with E-state index in [-0.39, 0.29) is 25.0 Å². The summed E-state index contributed by atoms with van der Waals surface area (Å²) in [5.74, 6) is -6.01. The summed E-state index contributed by atoms with van der Waals surface area (Å²) >= 11 is 0. The zero-order valence-corrected chi connectivity index (χ0v) is 31.9. The van der Waals surface area contributed by atoms with Gasteiger partial charge in [0.15, 0.2) is 17.2 Å². The Morgan fingerprint density at radius 3 is 2.06 bits per heavy atom. The van der Waals surface area contributed by atoms with Crippen molar-refractivity contribution in [2.75, 3.05) is 6.61 Å². The highest BCUT2D eigenvalue weighted by Gasteiger charge is 2.80. The van der Waals surface area contributed by atoms with Gasteiger partial charge in [-0.1, -0.05) is 25.1 Å². The predicted molar refractivity (Wildman–Crippen MR) is 182 cm³/mol. The summed E-state index contributed by atoms with van der Waals surface area (Å²) in [6.45, 7) is 17.5. The lowest BCUT2D eigenvalue weighted by Gasteiger charge is -2.64. The molecule has 4 fully saturated rings. The maximum absolute atomic E-state index is 14.5. The molecule has 1 aromatic carbocycles. The monoisotopic (exact) mass is 728 g/mol. The second-order valence-electron chi connectivity index (χ2n) is 16.6. The summed E-state index contributed by atoms with van der Waals surface area (Å²) in [5, 5.41) is 12.7. The van der Waals surface area contributed by atoms with Crippen LogP contribution in [0.2, 0.25) is 0 Å². The molecule has 6 rings (SSSR count). The summed E-state index contributed by atoms with van der Waals surface area (Å²) in [6, 6.07) is 8.39. The quantitative estimate of drug-likeness (QED) is 0.247. The fourth-order valence-electron chi connectivity index (χ4n) is 10.0. The van der Waals surface area contributed by atoms with E-state index in [1.807, 2.05) is 6.92 Å². The van der Waals surface area contributed by atoms with Gasteiger partial charge < -0.3 is 43.0 Å². The molecule has 1 N–H and O–H groups in total. The Bertz CT molecular complexity index is 1660. The highest BCUT2D eigenvalue weighted by molar-refractivity contribution is 5.89. The zero-order chi connectivity index (χ0) is 38.4. The van der Waals surface area contributed by atoms with Gasteiger partial charge in [0.25, 0.3) is 0 Å². The minimum atomic E-state index is -1.73. The third-order valence-electron chi connectivity index (χ3n) is 11.9. The van der Waals surface area contributed by atoms with Gasteiger partial charge in [0.1, 0.15) is 36.6 Å². The van der Waals surface area contributed by atoms with E-state index in [4.69, 9.17) is 37.9 Å². The Balaban J connectivity index is 1.76. The number of aliphatic hydroxyl groups is 1. The standard InChI is InChI=1S/C39H52O13/c1-20-25(46-21(2)40)18-38(34(5,6)44)28(20)29-31(52-36(9,10)51-29)37(11)26(47-22(3)41)17-27-39(49-23(4)42,19-45-35(7,8)50-27)30(37)32(38)48-33(43)24-15-13-12-14-16-24/h12-16,25-27,29-32,44H,17-19H2,1-11H3/t25-,26-,27+,29+,30-,31-,32-,37+,38-,39-/m0/s1. The van der Waals surface area contributed by atoms with Crippen LogP contribution in [0.3, 0.4) is 0 Å². The number of carbonyl (C=O) groups is 4. The van der Waals surface area contributed by atoms with Crippen LogP contribution in [0.4, 0.5) is 0 Å². The highest BCUT2D eigenvalue weighted by Crippen LogP contribution is 2.70. The maximum atomic E-state index is 14.5. The Labute approximate surface area is 304 Å². The molecule has 13 heteroatoms. The topological polar surface area (TPSA) is 162 Å². The maximum Gasteiger partial charge on any atom is 0.338 e. The van der Waals surface area contributed by atoms with Gasteiger partial charge >= 0.3 is 23.9 Å². The molecule has 0 aromatic heterocycles. The normalized spacial score (nSPS) is 38.8. The van der Waals surface area contributed by atoms with Gasteiger partial charge in [0.2, 0.25) is 0 Å². The molecule has 2 aliphatic heterocycles. The van der Waals surface area contributed by atoms with Gasteiger partial charge in [-0.05, 0) is 71.7 Å². The van der Waals surface area contributed by atoms with E-state index in [0.29, 0.717) is 11.1 Å². The number of esters is 4. The van der Waals surface area contributed by atoms with Gasteiger partial charge in [0.05, 0.1) is 29.1 Å². The van der Waals surface area contributed by atoms with Crippen molar-refractivity contribution in [2.45, 2.75) is 148 Å². The van der Waals surface area contributed by atoms with E-state index in [1.54, 1.807) is 78.8 Å². The van der Waals surface area contributed by atoms with E-state index >= 15 is 0 Å². The SMILES string of the molecule is CC(=O)O[C@H]1C[C@]2(C(C)(C)O)C(=C1C)[C@H]1OC(C)(C)O[C@@H]1[C@]1(C)[C@@H](OC(C)=O)C[C@H]3OC(C)(C)OC[C@@]3(OC(C)=O)[C@H]1[C@@H]2OC(=O)c1ccccc1. The molecule has 10 atom stereocenters. The molecule has 0 amide bonds. The summed E-state index contributed by atoms with van der Waals surface area (Å²) in [6.07, 6.45) is -6.04. The molecule has 5 aliphatic rings. The number of rotatable bonds is 6. The molecule has 0 radical (unpaired) electrons. The predicted octanol–water partition coefficient (Wildman–Crippen LogP) is 4.57. The molecule has 1 aromatic rings. The molecule has 0 spiro atoms. The van der Waals surface area contributed by atoms with Gasteiger partial charge in [0, 0.05) is 39.0 Å². The van der Waals surface area contributed by atoms with Crippen molar-refractivity contribution in [1.29, 1.82) is 0 Å². The minimum Gasteiger partial charge on any atom is -0.462 e. The fourth-order valence-corrected chi connectivity index (χ4v) is 10.0. The Morgan fingerprint density at radius 2 is 1.48 bits per heavy atom. The van der Waals surface area contributed by atoms with Crippen molar-refractivity contribution in [3.8, 4) is 0 Å². The second-order valence-corrected chi connectivity index (χ2v) is 16.6. The minimum absolute atomic E-state index is 0.0319. The molecule has 0 unspecified atom stereocenters. The number of fused-ring (bicyclic) bond motifs is 7. The molecule has 13 nitrogen and oxygen atoms in total. The summed E-state index contributed by atoms with van der Waals surface area (Å²) in [4.78, 5) is 53.5. The van der Waals surface area contributed by atoms with Crippen molar-refractivity contribution >= 4 is 23.9 Å². The number of ether oxygens (including phenoxy) is 8. The second kappa shape index (κ2) is 12.6. The van der Waals surface area contributed by atoms with Crippen LogP contribution in [0.25, 0.3) is 0 Å². The average molecular weight is 729 g/mol. The van der Waals surface area contributed by atoms with Gasteiger partial charge in [-0.15, -0.1) is 0 Å². The van der Waals surface area contributed by atoms with E-state index in [9.17, 15) is 24.3 Å². The van der Waals surface area contributed by atoms with Crippen LogP contribution in [-0.4, -0.2) is 95.0 Å². The summed E-state index contributed by atoms with van der Waals surface area (Å²) in [7, 11) is 0. The van der Waals surface area contributed by atoms with Crippen LogP contribution in [0, 0.1) is 16.7 Å². The zero-order valence-electron chi connectivity index (χ0n) is 31.9. The van der Waals surface area contributed by atoms with Crippen molar-refractivity contribution < 1.29 is 62.2 Å². The van der Waals surface area contributed by atoms with Crippen LogP contribution >= 0.6 is 0 Å². The van der Waals surface area contributed by atoms with Crippen molar-refractivity contribution in [3.05, 3.63) is 47.0 Å². The molecule has 2 saturated heterocycles. The first-order chi connectivity index (χ1) is 24.0. The van der Waals surface area contributed by atoms with Crippen LogP contribution < -0.4 is 0 Å². The molecule has 286 valence electrons. The number of hydrogen-bond acceptors (Lipinski definition) is 13. The molecular formula is C39H52O13. The fraction of sp³-hybridized carbons (Fsp3) is 0.692. The van der Waals surface area contributed by atoms with E-state index < -0.39 is 100 Å². The first-order valence-electron chi connectivity index (χ1n) is 17.9. The van der Waals surface area contributed by atoms with Crippen molar-refractivity contribution in [1.82, 2.24) is 0 Å². The van der Waals surface area contributed by atoms with E-state index in [0.717, 1.165) is 0 Å². The molecule has 2 saturated carbocycles. The molecule has 3 aliphatic carbocycles. The molecule has 0 bridgehead atoms. The number of benzene rings is 1. The van der Waals surface area contributed by atoms with E-state index in [1.165, 1.54) is 20.8 Å². The lowest BCUT2D eigenvalue weighted by molar-refractivity contribution is -0.385. The first kappa shape index (κ1) is 38.4. The Hall–Kier alpha value is -3.36. The third kappa shape index (κ3) is 5.96. The number of carbonyl (C=O) groups excluding carboxylic acids is 4. The van der Waals surface area contributed by atoms with Gasteiger partial charge in [-0.3, -0.25) is 14.4 Å². The van der Waals surface area contributed by atoms with Crippen LogP contribution in [0.5, 0.6) is 0 Å². The lowest BCUT2D eigenvalue weighted by atomic mass is 9.50. The third-order valence-corrected chi connectivity index (χ3v) is 11.9. The molecule has 52 heavy (non-hydrogen) atoms. The molecular weight excluding hydrogens is 676 g/mol. The summed E-state index contributed by atoms with van der Waals surface area (Å²) in [5.41, 5.74) is -5.04. The lowest BCUT2D eigenvalue weighted by Crippen LogP contribution is -2.77. The Kier molecular flexibility index (Phi) is 9.31. The molecule has 2 heterocycles. The van der Waals surface area contributed by atoms with Gasteiger partial charge in [-0.2, -0.15) is 0 Å². The summed E-state index contributed by atoms with van der Waals surface area (Å²) < 4.78 is 52.0.